The van der Waals surface area contributed by atoms with Gasteiger partial charge in [-0.2, -0.15) is 0 Å². The molecule has 0 radical (unpaired) electrons. The first kappa shape index (κ1) is 14.8. The van der Waals surface area contributed by atoms with E-state index in [4.69, 9.17) is 10.2 Å². The fourth-order valence-corrected chi connectivity index (χ4v) is 1.68. The maximum absolute atomic E-state index is 11.8. The number of benzene rings is 1. The van der Waals surface area contributed by atoms with Crippen LogP contribution in [0.1, 0.15) is 30.1 Å². The van der Waals surface area contributed by atoms with E-state index in [0.29, 0.717) is 12.8 Å². The van der Waals surface area contributed by atoms with E-state index < -0.39 is 17.8 Å². The van der Waals surface area contributed by atoms with Gasteiger partial charge in [-0.15, -0.1) is 0 Å². The zero-order valence-corrected chi connectivity index (χ0v) is 10.6. The molecule has 0 aliphatic heterocycles. The predicted molar refractivity (Wildman–Crippen MR) is 68.1 cm³/mol. The molecule has 0 saturated carbocycles. The summed E-state index contributed by atoms with van der Waals surface area (Å²) in [6, 6.07) is 3.60. The summed E-state index contributed by atoms with van der Waals surface area (Å²) in [4.78, 5) is 22.7. The highest BCUT2D eigenvalue weighted by Gasteiger charge is 2.18. The van der Waals surface area contributed by atoms with Crippen LogP contribution in [-0.4, -0.2) is 33.7 Å². The summed E-state index contributed by atoms with van der Waals surface area (Å²) in [7, 11) is 0. The third-order valence-electron chi connectivity index (χ3n) is 2.72. The number of carboxylic acids is 1. The van der Waals surface area contributed by atoms with E-state index >= 15 is 0 Å². The minimum atomic E-state index is -0.961. The Bertz CT molecular complexity index is 472. The molecule has 0 bridgehead atoms. The van der Waals surface area contributed by atoms with E-state index in [1.54, 1.807) is 0 Å². The number of rotatable bonds is 6. The summed E-state index contributed by atoms with van der Waals surface area (Å²) in [6.45, 7) is 1.87. The number of carbonyl (C=O) groups is 2. The number of phenols is 2. The minimum absolute atomic E-state index is 0.00145. The van der Waals surface area contributed by atoms with Crippen molar-refractivity contribution in [3.8, 4) is 11.5 Å². The highest BCUT2D eigenvalue weighted by Crippen LogP contribution is 2.22. The Kier molecular flexibility index (Phi) is 5.17. The van der Waals surface area contributed by atoms with Gasteiger partial charge in [0.25, 0.3) is 5.91 Å². The third kappa shape index (κ3) is 4.17. The number of carboxylic acid groups (broad SMARTS) is 1. The third-order valence-corrected chi connectivity index (χ3v) is 2.72. The molecule has 6 heteroatoms. The molecular weight excluding hydrogens is 250 g/mol. The Morgan fingerprint density at radius 2 is 2.00 bits per heavy atom. The molecule has 4 N–H and O–H groups in total. The topological polar surface area (TPSA) is 107 Å². The summed E-state index contributed by atoms with van der Waals surface area (Å²) in [6.07, 6.45) is 1.18. The second kappa shape index (κ2) is 6.63. The van der Waals surface area contributed by atoms with Crippen molar-refractivity contribution < 1.29 is 24.9 Å². The van der Waals surface area contributed by atoms with Crippen molar-refractivity contribution in [2.75, 3.05) is 6.54 Å². The number of hydrogen-bond acceptors (Lipinski definition) is 4. The molecule has 104 valence electrons. The number of nitrogens with one attached hydrogen (secondary N) is 1. The fraction of sp³-hybridized carbons (Fsp3) is 0.385. The first-order valence-electron chi connectivity index (χ1n) is 5.98. The maximum Gasteiger partial charge on any atom is 0.308 e. The molecule has 1 aromatic carbocycles. The normalized spacial score (nSPS) is 11.8. The average molecular weight is 267 g/mol. The number of phenolic OH excluding ortho intramolecular Hbond substituents is 2. The highest BCUT2D eigenvalue weighted by molar-refractivity contribution is 5.97. The summed E-state index contributed by atoms with van der Waals surface area (Å²) in [5, 5.41) is 30.0. The lowest BCUT2D eigenvalue weighted by Gasteiger charge is -2.12. The molecule has 1 atom stereocenters. The van der Waals surface area contributed by atoms with Gasteiger partial charge in [-0.1, -0.05) is 13.3 Å². The zero-order chi connectivity index (χ0) is 14.4. The Morgan fingerprint density at radius 3 is 2.53 bits per heavy atom. The van der Waals surface area contributed by atoms with Crippen molar-refractivity contribution in [3.05, 3.63) is 23.8 Å². The maximum atomic E-state index is 11.8. The van der Waals surface area contributed by atoms with Gasteiger partial charge in [0.05, 0.1) is 11.5 Å². The quantitative estimate of drug-likeness (QED) is 0.622. The van der Waals surface area contributed by atoms with Gasteiger partial charge in [0.2, 0.25) is 0 Å². The molecule has 0 spiro atoms. The van der Waals surface area contributed by atoms with Crippen LogP contribution in [0.15, 0.2) is 18.2 Å². The Hall–Kier alpha value is -2.24. The van der Waals surface area contributed by atoms with Crippen LogP contribution in [0.4, 0.5) is 0 Å². The number of aromatic hydroxyl groups is 2. The van der Waals surface area contributed by atoms with Gasteiger partial charge in [-0.05, 0) is 18.6 Å². The lowest BCUT2D eigenvalue weighted by molar-refractivity contribution is -0.141. The standard InChI is InChI=1S/C13H17NO5/c1-2-3-8(13(18)19)7-14-12(17)10-5-4-9(15)6-11(10)16/h4-6,8,15-16H,2-3,7H2,1H3,(H,14,17)(H,18,19). The second-order valence-corrected chi connectivity index (χ2v) is 4.24. The number of hydrogen-bond donors (Lipinski definition) is 4. The summed E-state index contributed by atoms with van der Waals surface area (Å²) < 4.78 is 0. The molecule has 1 aromatic rings. The van der Waals surface area contributed by atoms with Crippen molar-refractivity contribution >= 4 is 11.9 Å². The molecule has 0 aliphatic rings. The zero-order valence-electron chi connectivity index (χ0n) is 10.6. The smallest absolute Gasteiger partial charge is 0.308 e. The van der Waals surface area contributed by atoms with Crippen molar-refractivity contribution in [1.29, 1.82) is 0 Å². The summed E-state index contributed by atoms with van der Waals surface area (Å²) in [5.74, 6) is -2.67. The van der Waals surface area contributed by atoms with Crippen LogP contribution in [0.5, 0.6) is 11.5 Å². The molecule has 0 saturated heterocycles. The minimum Gasteiger partial charge on any atom is -0.508 e. The second-order valence-electron chi connectivity index (χ2n) is 4.24. The van der Waals surface area contributed by atoms with E-state index in [-0.39, 0.29) is 23.6 Å². The monoisotopic (exact) mass is 267 g/mol. The fourth-order valence-electron chi connectivity index (χ4n) is 1.68. The predicted octanol–water partition coefficient (Wildman–Crippen LogP) is 1.33. The van der Waals surface area contributed by atoms with Crippen LogP contribution in [-0.2, 0) is 4.79 Å². The van der Waals surface area contributed by atoms with Crippen LogP contribution >= 0.6 is 0 Å². The molecule has 1 amide bonds. The van der Waals surface area contributed by atoms with Crippen molar-refractivity contribution in [3.63, 3.8) is 0 Å². The first-order chi connectivity index (χ1) is 8.95. The molecule has 0 aromatic heterocycles. The van der Waals surface area contributed by atoms with Crippen molar-refractivity contribution in [1.82, 2.24) is 5.32 Å². The Labute approximate surface area is 110 Å². The van der Waals surface area contributed by atoms with Gasteiger partial charge in [0.15, 0.2) is 0 Å². The molecule has 19 heavy (non-hydrogen) atoms. The van der Waals surface area contributed by atoms with Gasteiger partial charge in [0.1, 0.15) is 11.5 Å². The summed E-state index contributed by atoms with van der Waals surface area (Å²) in [5.41, 5.74) is -0.00145. The van der Waals surface area contributed by atoms with Gasteiger partial charge in [-0.25, -0.2) is 0 Å². The van der Waals surface area contributed by atoms with E-state index in [1.165, 1.54) is 12.1 Å². The van der Waals surface area contributed by atoms with Crippen molar-refractivity contribution in [2.24, 2.45) is 5.92 Å². The molecule has 0 heterocycles. The van der Waals surface area contributed by atoms with Gasteiger partial charge >= 0.3 is 5.97 Å². The van der Waals surface area contributed by atoms with Crippen LogP contribution in [0.2, 0.25) is 0 Å². The number of carbonyl (C=O) groups excluding carboxylic acids is 1. The number of aliphatic carboxylic acids is 1. The van der Waals surface area contributed by atoms with Crippen LogP contribution in [0, 0.1) is 5.92 Å². The van der Waals surface area contributed by atoms with E-state index in [9.17, 15) is 14.7 Å². The van der Waals surface area contributed by atoms with Gasteiger partial charge < -0.3 is 20.6 Å². The van der Waals surface area contributed by atoms with E-state index in [2.05, 4.69) is 5.32 Å². The largest absolute Gasteiger partial charge is 0.508 e. The Balaban J connectivity index is 2.66. The van der Waals surface area contributed by atoms with E-state index in [1.807, 2.05) is 6.92 Å². The lowest BCUT2D eigenvalue weighted by atomic mass is 10.0. The number of amides is 1. The van der Waals surface area contributed by atoms with E-state index in [0.717, 1.165) is 6.07 Å². The molecule has 1 rings (SSSR count). The first-order valence-corrected chi connectivity index (χ1v) is 5.98. The van der Waals surface area contributed by atoms with Gasteiger partial charge in [-0.3, -0.25) is 9.59 Å². The van der Waals surface area contributed by atoms with Crippen LogP contribution < -0.4 is 5.32 Å². The molecule has 0 fully saturated rings. The highest BCUT2D eigenvalue weighted by atomic mass is 16.4. The molecule has 0 aliphatic carbocycles. The van der Waals surface area contributed by atoms with Crippen LogP contribution in [0.3, 0.4) is 0 Å². The average Bonchev–Trinajstić information content (AvgIpc) is 2.33. The Morgan fingerprint density at radius 1 is 1.32 bits per heavy atom. The van der Waals surface area contributed by atoms with Crippen molar-refractivity contribution in [2.45, 2.75) is 19.8 Å². The molecule has 1 unspecified atom stereocenters. The lowest BCUT2D eigenvalue weighted by Crippen LogP contribution is -2.32. The SMILES string of the molecule is CCCC(CNC(=O)c1ccc(O)cc1O)C(=O)O. The van der Waals surface area contributed by atoms with Crippen LogP contribution in [0.25, 0.3) is 0 Å². The molecule has 6 nitrogen and oxygen atoms in total. The van der Waals surface area contributed by atoms with Gasteiger partial charge in [0, 0.05) is 12.6 Å². The summed E-state index contributed by atoms with van der Waals surface area (Å²) >= 11 is 0. The molecular formula is C13H17NO5.